The van der Waals surface area contributed by atoms with Gasteiger partial charge in [-0.2, -0.15) is 4.31 Å². The molecule has 1 aromatic carbocycles. The summed E-state index contributed by atoms with van der Waals surface area (Å²) < 4.78 is 28.4. The van der Waals surface area contributed by atoms with E-state index in [9.17, 15) is 13.2 Å². The Kier molecular flexibility index (Phi) is 6.05. The van der Waals surface area contributed by atoms with Gasteiger partial charge >= 0.3 is 0 Å². The SMILES string of the molecule is C=CCN(Cc1ccc(Cl)s1)S(=O)(=O)c1ccc2c(c1)CCCN2C(C)=O. The Morgan fingerprint density at radius 3 is 2.78 bits per heavy atom. The number of hydrogen-bond acceptors (Lipinski definition) is 4. The van der Waals surface area contributed by atoms with E-state index in [-0.39, 0.29) is 23.9 Å². The van der Waals surface area contributed by atoms with E-state index in [0.717, 1.165) is 29.0 Å². The van der Waals surface area contributed by atoms with Crippen LogP contribution in [-0.2, 0) is 27.8 Å². The van der Waals surface area contributed by atoms with Crippen LogP contribution in [-0.4, -0.2) is 31.7 Å². The lowest BCUT2D eigenvalue weighted by atomic mass is 10.0. The highest BCUT2D eigenvalue weighted by Gasteiger charge is 2.27. The first-order valence-electron chi connectivity index (χ1n) is 8.59. The fraction of sp³-hybridized carbons (Fsp3) is 0.316. The molecule has 0 aliphatic carbocycles. The molecule has 0 bridgehead atoms. The fourth-order valence-electron chi connectivity index (χ4n) is 3.21. The molecule has 27 heavy (non-hydrogen) atoms. The number of amides is 1. The monoisotopic (exact) mass is 424 g/mol. The molecule has 0 N–H and O–H groups in total. The number of halogens is 1. The fourth-order valence-corrected chi connectivity index (χ4v) is 5.84. The predicted molar refractivity (Wildman–Crippen MR) is 110 cm³/mol. The lowest BCUT2D eigenvalue weighted by Gasteiger charge is -2.29. The van der Waals surface area contributed by atoms with Crippen LogP contribution in [0, 0.1) is 0 Å². The van der Waals surface area contributed by atoms with Crippen molar-refractivity contribution < 1.29 is 13.2 Å². The smallest absolute Gasteiger partial charge is 0.243 e. The number of hydrogen-bond donors (Lipinski definition) is 0. The van der Waals surface area contributed by atoms with Crippen LogP contribution in [0.1, 0.15) is 23.8 Å². The molecule has 2 aromatic rings. The molecule has 1 aliphatic rings. The van der Waals surface area contributed by atoms with Gasteiger partial charge in [0.1, 0.15) is 0 Å². The van der Waals surface area contributed by atoms with Gasteiger partial charge in [-0.3, -0.25) is 4.79 Å². The summed E-state index contributed by atoms with van der Waals surface area (Å²) >= 11 is 7.33. The number of nitrogens with zero attached hydrogens (tertiary/aromatic N) is 2. The van der Waals surface area contributed by atoms with Crippen LogP contribution in [0.25, 0.3) is 0 Å². The quantitative estimate of drug-likeness (QED) is 0.656. The number of thiophene rings is 1. The first-order valence-corrected chi connectivity index (χ1v) is 11.2. The third-order valence-electron chi connectivity index (χ3n) is 4.48. The third kappa shape index (κ3) is 4.27. The Bertz CT molecular complexity index is 969. The summed E-state index contributed by atoms with van der Waals surface area (Å²) in [5, 5.41) is 0. The molecular formula is C19H21ClN2O3S2. The van der Waals surface area contributed by atoms with Gasteiger partial charge in [-0.05, 0) is 48.7 Å². The molecule has 8 heteroatoms. The van der Waals surface area contributed by atoms with Crippen LogP contribution in [0.4, 0.5) is 5.69 Å². The molecule has 5 nitrogen and oxygen atoms in total. The van der Waals surface area contributed by atoms with Gasteiger partial charge in [-0.25, -0.2) is 8.42 Å². The highest BCUT2D eigenvalue weighted by atomic mass is 35.5. The van der Waals surface area contributed by atoms with E-state index in [2.05, 4.69) is 6.58 Å². The van der Waals surface area contributed by atoms with E-state index >= 15 is 0 Å². The number of sulfonamides is 1. The topological polar surface area (TPSA) is 57.7 Å². The summed E-state index contributed by atoms with van der Waals surface area (Å²) in [6.45, 7) is 6.31. The van der Waals surface area contributed by atoms with Crippen LogP contribution in [0.3, 0.4) is 0 Å². The van der Waals surface area contributed by atoms with E-state index in [0.29, 0.717) is 10.9 Å². The zero-order chi connectivity index (χ0) is 19.6. The van der Waals surface area contributed by atoms with Crippen molar-refractivity contribution in [3.8, 4) is 0 Å². The predicted octanol–water partition coefficient (Wildman–Crippen LogP) is 4.08. The second kappa shape index (κ2) is 8.14. The van der Waals surface area contributed by atoms with Crippen LogP contribution in [0.5, 0.6) is 0 Å². The van der Waals surface area contributed by atoms with Gasteiger partial charge in [0, 0.05) is 37.1 Å². The van der Waals surface area contributed by atoms with Crippen LogP contribution in [0.15, 0.2) is 47.9 Å². The van der Waals surface area contributed by atoms with E-state index in [1.54, 1.807) is 35.2 Å². The maximum Gasteiger partial charge on any atom is 0.243 e. The Balaban J connectivity index is 1.94. The lowest BCUT2D eigenvalue weighted by molar-refractivity contribution is -0.116. The van der Waals surface area contributed by atoms with Gasteiger partial charge in [0.05, 0.1) is 9.23 Å². The maximum absolute atomic E-state index is 13.2. The van der Waals surface area contributed by atoms with E-state index in [1.165, 1.54) is 22.6 Å². The Labute approximate surface area is 168 Å². The van der Waals surface area contributed by atoms with Crippen molar-refractivity contribution in [2.24, 2.45) is 0 Å². The highest BCUT2D eigenvalue weighted by molar-refractivity contribution is 7.89. The van der Waals surface area contributed by atoms with E-state index in [1.807, 2.05) is 6.07 Å². The first-order chi connectivity index (χ1) is 12.8. The second-order valence-electron chi connectivity index (χ2n) is 6.36. The maximum atomic E-state index is 13.2. The summed E-state index contributed by atoms with van der Waals surface area (Å²) in [6.07, 6.45) is 3.15. The number of fused-ring (bicyclic) bond motifs is 1. The first kappa shape index (κ1) is 20.1. The molecule has 0 spiro atoms. The molecule has 0 fully saturated rings. The normalized spacial score (nSPS) is 14.3. The van der Waals surface area contributed by atoms with E-state index < -0.39 is 10.0 Å². The molecule has 1 amide bonds. The average Bonchev–Trinajstić information content (AvgIpc) is 3.05. The van der Waals surface area contributed by atoms with Crippen LogP contribution >= 0.6 is 22.9 Å². The van der Waals surface area contributed by atoms with Gasteiger partial charge in [0.15, 0.2) is 0 Å². The largest absolute Gasteiger partial charge is 0.312 e. The number of benzene rings is 1. The van der Waals surface area contributed by atoms with Crippen molar-refractivity contribution in [3.05, 3.63) is 57.8 Å². The van der Waals surface area contributed by atoms with Gasteiger partial charge in [-0.1, -0.05) is 17.7 Å². The van der Waals surface area contributed by atoms with Gasteiger partial charge in [-0.15, -0.1) is 17.9 Å². The number of carbonyl (C=O) groups excluding carboxylic acids is 1. The van der Waals surface area contributed by atoms with Gasteiger partial charge in [0.25, 0.3) is 0 Å². The molecule has 1 aromatic heterocycles. The molecule has 0 saturated heterocycles. The zero-order valence-corrected chi connectivity index (χ0v) is 17.4. The Hall–Kier alpha value is -1.67. The van der Waals surface area contributed by atoms with Crippen molar-refractivity contribution in [3.63, 3.8) is 0 Å². The van der Waals surface area contributed by atoms with Crippen LogP contribution in [0.2, 0.25) is 4.34 Å². The van der Waals surface area contributed by atoms with Crippen molar-refractivity contribution in [2.75, 3.05) is 18.0 Å². The summed E-state index contributed by atoms with van der Waals surface area (Å²) in [6, 6.07) is 8.59. The minimum Gasteiger partial charge on any atom is -0.312 e. The molecule has 0 radical (unpaired) electrons. The Morgan fingerprint density at radius 2 is 2.15 bits per heavy atom. The van der Waals surface area contributed by atoms with Gasteiger partial charge in [0.2, 0.25) is 15.9 Å². The summed E-state index contributed by atoms with van der Waals surface area (Å²) in [5.74, 6) is -0.0329. The zero-order valence-electron chi connectivity index (χ0n) is 15.0. The van der Waals surface area contributed by atoms with Crippen LogP contribution < -0.4 is 4.90 Å². The molecular weight excluding hydrogens is 404 g/mol. The summed E-state index contributed by atoms with van der Waals surface area (Å²) in [4.78, 5) is 14.6. The molecule has 2 heterocycles. The summed E-state index contributed by atoms with van der Waals surface area (Å²) in [7, 11) is -3.70. The molecule has 0 saturated carbocycles. The third-order valence-corrected chi connectivity index (χ3v) is 7.50. The molecule has 0 atom stereocenters. The highest BCUT2D eigenvalue weighted by Crippen LogP contribution is 2.31. The van der Waals surface area contributed by atoms with E-state index in [4.69, 9.17) is 11.6 Å². The van der Waals surface area contributed by atoms with Crippen molar-refractivity contribution in [2.45, 2.75) is 31.2 Å². The molecule has 0 unspecified atom stereocenters. The molecule has 1 aliphatic heterocycles. The minimum absolute atomic E-state index is 0.0329. The lowest BCUT2D eigenvalue weighted by Crippen LogP contribution is -2.34. The second-order valence-corrected chi connectivity index (χ2v) is 10.1. The summed E-state index contributed by atoms with van der Waals surface area (Å²) in [5.41, 5.74) is 1.68. The minimum atomic E-state index is -3.70. The number of carbonyl (C=O) groups is 1. The van der Waals surface area contributed by atoms with Crippen molar-refractivity contribution in [1.82, 2.24) is 4.31 Å². The number of aryl methyl sites for hydroxylation is 1. The number of anilines is 1. The van der Waals surface area contributed by atoms with Crippen molar-refractivity contribution in [1.29, 1.82) is 0 Å². The van der Waals surface area contributed by atoms with Crippen molar-refractivity contribution >= 4 is 44.6 Å². The average molecular weight is 425 g/mol. The standard InChI is InChI=1S/C19H21ClN2O3S2/c1-3-10-21(13-16-6-9-19(20)26-16)27(24,25)17-7-8-18-15(12-17)5-4-11-22(18)14(2)23/h3,6-9,12H,1,4-5,10-11,13H2,2H3. The Morgan fingerprint density at radius 1 is 1.37 bits per heavy atom. The number of rotatable bonds is 6. The van der Waals surface area contributed by atoms with Gasteiger partial charge < -0.3 is 4.90 Å². The molecule has 3 rings (SSSR count). The molecule has 144 valence electrons.